The first-order valence-corrected chi connectivity index (χ1v) is 9.76. The minimum Gasteiger partial charge on any atom is -0.493 e. The minimum absolute atomic E-state index is 0.275. The first-order valence-electron chi connectivity index (χ1n) is 9.76. The fourth-order valence-electron chi connectivity index (χ4n) is 3.43. The van der Waals surface area contributed by atoms with E-state index in [2.05, 4.69) is 0 Å². The van der Waals surface area contributed by atoms with Crippen molar-refractivity contribution >= 4 is 23.0 Å². The van der Waals surface area contributed by atoms with Gasteiger partial charge in [-0.05, 0) is 54.0 Å². The zero-order chi connectivity index (χ0) is 22.0. The van der Waals surface area contributed by atoms with Gasteiger partial charge in [-0.3, -0.25) is 0 Å². The van der Waals surface area contributed by atoms with Gasteiger partial charge in [-0.25, -0.2) is 4.79 Å². The molecule has 0 aliphatic rings. The van der Waals surface area contributed by atoms with Crippen molar-refractivity contribution in [1.82, 2.24) is 0 Å². The maximum Gasteiger partial charge on any atom is 0.331 e. The quantitative estimate of drug-likeness (QED) is 0.377. The molecule has 156 valence electrons. The minimum atomic E-state index is -0.935. The molecule has 0 atom stereocenters. The van der Waals surface area contributed by atoms with E-state index in [0.29, 0.717) is 17.1 Å². The molecule has 0 aliphatic heterocycles. The van der Waals surface area contributed by atoms with Crippen LogP contribution in [-0.2, 0) is 4.79 Å². The van der Waals surface area contributed by atoms with Crippen molar-refractivity contribution in [3.63, 3.8) is 0 Å². The highest BCUT2D eigenvalue weighted by molar-refractivity contribution is 5.92. The Morgan fingerprint density at radius 2 is 1.52 bits per heavy atom. The van der Waals surface area contributed by atoms with E-state index in [1.165, 1.54) is 0 Å². The first kappa shape index (κ1) is 20.3. The Bertz CT molecular complexity index is 1280. The molecule has 0 saturated carbocycles. The van der Waals surface area contributed by atoms with Gasteiger partial charge in [0.25, 0.3) is 0 Å². The molecule has 0 bridgehead atoms. The van der Waals surface area contributed by atoms with Gasteiger partial charge in [-0.15, -0.1) is 0 Å². The fourth-order valence-corrected chi connectivity index (χ4v) is 3.43. The van der Waals surface area contributed by atoms with Crippen LogP contribution in [0.3, 0.4) is 0 Å². The number of rotatable bonds is 6. The van der Waals surface area contributed by atoms with Crippen LogP contribution in [0.1, 0.15) is 12.5 Å². The molecule has 1 aromatic heterocycles. The second-order valence-corrected chi connectivity index (χ2v) is 7.19. The number of fused-ring (bicyclic) bond motifs is 1. The standard InChI is InChI=1S/C26H22O5/c1-16(26(27)28)12-17-4-5-21-15-24(31-23(21)13-17)19-8-6-18(7-9-19)20-10-11-22(29-2)25(14-20)30-3/h4-15H,1-3H3,(H,27,28)/b16-12-. The summed E-state index contributed by atoms with van der Waals surface area (Å²) in [5.41, 5.74) is 4.82. The van der Waals surface area contributed by atoms with Crippen LogP contribution < -0.4 is 9.47 Å². The highest BCUT2D eigenvalue weighted by Crippen LogP contribution is 2.34. The number of hydrogen-bond donors (Lipinski definition) is 1. The van der Waals surface area contributed by atoms with Crippen LogP contribution in [0.2, 0.25) is 0 Å². The number of ether oxygens (including phenoxy) is 2. The van der Waals surface area contributed by atoms with Crippen LogP contribution in [0.5, 0.6) is 11.5 Å². The topological polar surface area (TPSA) is 68.9 Å². The third kappa shape index (κ3) is 4.16. The van der Waals surface area contributed by atoms with Crippen LogP contribution in [0.15, 0.2) is 76.7 Å². The molecule has 4 aromatic rings. The molecule has 0 saturated heterocycles. The SMILES string of the molecule is COc1ccc(-c2ccc(-c3cc4ccc(/C=C(/C)C(=O)O)cc4o3)cc2)cc1OC. The maximum atomic E-state index is 11.0. The molecule has 31 heavy (non-hydrogen) atoms. The maximum absolute atomic E-state index is 11.0. The molecule has 0 radical (unpaired) electrons. The van der Waals surface area contributed by atoms with Gasteiger partial charge >= 0.3 is 5.97 Å². The summed E-state index contributed by atoms with van der Waals surface area (Å²) < 4.78 is 16.7. The average molecular weight is 414 g/mol. The Kier molecular flexibility index (Phi) is 5.50. The lowest BCUT2D eigenvalue weighted by molar-refractivity contribution is -0.132. The predicted molar refractivity (Wildman–Crippen MR) is 121 cm³/mol. The van der Waals surface area contributed by atoms with Crippen LogP contribution >= 0.6 is 0 Å². The van der Waals surface area contributed by atoms with Gasteiger partial charge in [0.1, 0.15) is 11.3 Å². The summed E-state index contributed by atoms with van der Waals surface area (Å²) in [6.07, 6.45) is 1.63. The smallest absolute Gasteiger partial charge is 0.331 e. The van der Waals surface area contributed by atoms with E-state index in [1.54, 1.807) is 27.2 Å². The number of methoxy groups -OCH3 is 2. The Hall–Kier alpha value is -3.99. The monoisotopic (exact) mass is 414 g/mol. The molecular formula is C26H22O5. The average Bonchev–Trinajstić information content (AvgIpc) is 3.22. The van der Waals surface area contributed by atoms with Crippen LogP contribution in [0.25, 0.3) is 39.5 Å². The van der Waals surface area contributed by atoms with E-state index in [-0.39, 0.29) is 5.57 Å². The number of carboxylic acid groups (broad SMARTS) is 1. The summed E-state index contributed by atoms with van der Waals surface area (Å²) in [5.74, 6) is 1.20. The Morgan fingerprint density at radius 1 is 0.839 bits per heavy atom. The van der Waals surface area contributed by atoms with Crippen molar-refractivity contribution in [2.75, 3.05) is 14.2 Å². The lowest BCUT2D eigenvalue weighted by atomic mass is 10.0. The van der Waals surface area contributed by atoms with Gasteiger partial charge in [0.15, 0.2) is 11.5 Å². The number of furan rings is 1. The van der Waals surface area contributed by atoms with Gasteiger partial charge < -0.3 is 19.0 Å². The fraction of sp³-hybridized carbons (Fsp3) is 0.115. The molecule has 5 heteroatoms. The second kappa shape index (κ2) is 8.40. The number of aliphatic carboxylic acids is 1. The molecule has 0 unspecified atom stereocenters. The summed E-state index contributed by atoms with van der Waals surface area (Å²) in [6.45, 7) is 1.57. The van der Waals surface area contributed by atoms with E-state index >= 15 is 0 Å². The summed E-state index contributed by atoms with van der Waals surface area (Å²) in [5, 5.41) is 10.0. The molecular weight excluding hydrogens is 392 g/mol. The molecule has 0 amide bonds. The van der Waals surface area contributed by atoms with E-state index in [1.807, 2.05) is 66.7 Å². The van der Waals surface area contributed by atoms with E-state index in [0.717, 1.165) is 33.4 Å². The first-order chi connectivity index (χ1) is 15.0. The summed E-state index contributed by atoms with van der Waals surface area (Å²) in [4.78, 5) is 11.0. The van der Waals surface area contributed by atoms with Crippen molar-refractivity contribution in [3.05, 3.63) is 77.9 Å². The number of carbonyl (C=O) groups is 1. The van der Waals surface area contributed by atoms with Crippen molar-refractivity contribution in [2.45, 2.75) is 6.92 Å². The van der Waals surface area contributed by atoms with E-state index < -0.39 is 5.97 Å². The van der Waals surface area contributed by atoms with Gasteiger partial charge in [-0.2, -0.15) is 0 Å². The molecule has 5 nitrogen and oxygen atoms in total. The van der Waals surface area contributed by atoms with Crippen molar-refractivity contribution in [1.29, 1.82) is 0 Å². The zero-order valence-electron chi connectivity index (χ0n) is 17.5. The Labute approximate surface area is 180 Å². The predicted octanol–water partition coefficient (Wildman–Crippen LogP) is 6.27. The van der Waals surface area contributed by atoms with Crippen molar-refractivity contribution in [2.24, 2.45) is 0 Å². The summed E-state index contributed by atoms with van der Waals surface area (Å²) in [7, 11) is 3.24. The van der Waals surface area contributed by atoms with Crippen molar-refractivity contribution in [3.8, 4) is 33.9 Å². The largest absolute Gasteiger partial charge is 0.493 e. The van der Waals surface area contributed by atoms with Crippen LogP contribution in [0, 0.1) is 0 Å². The number of carboxylic acids is 1. The van der Waals surface area contributed by atoms with E-state index in [4.69, 9.17) is 19.0 Å². The second-order valence-electron chi connectivity index (χ2n) is 7.19. The zero-order valence-corrected chi connectivity index (χ0v) is 17.5. The molecule has 0 fully saturated rings. The van der Waals surface area contributed by atoms with E-state index in [9.17, 15) is 4.79 Å². The molecule has 3 aromatic carbocycles. The highest BCUT2D eigenvalue weighted by atomic mass is 16.5. The lowest BCUT2D eigenvalue weighted by Crippen LogP contribution is -1.95. The van der Waals surface area contributed by atoms with Gasteiger partial charge in [0.05, 0.1) is 14.2 Å². The Morgan fingerprint density at radius 3 is 2.19 bits per heavy atom. The van der Waals surface area contributed by atoms with Crippen molar-refractivity contribution < 1.29 is 23.8 Å². The molecule has 1 N–H and O–H groups in total. The summed E-state index contributed by atoms with van der Waals surface area (Å²) >= 11 is 0. The molecule has 0 spiro atoms. The Balaban J connectivity index is 1.63. The third-order valence-corrected chi connectivity index (χ3v) is 5.15. The normalized spacial score (nSPS) is 11.5. The van der Waals surface area contributed by atoms with Crippen LogP contribution in [0.4, 0.5) is 0 Å². The number of hydrogen-bond acceptors (Lipinski definition) is 4. The van der Waals surface area contributed by atoms with Gasteiger partial charge in [0, 0.05) is 16.5 Å². The van der Waals surface area contributed by atoms with Gasteiger partial charge in [-0.1, -0.05) is 42.5 Å². The molecule has 4 rings (SSSR count). The molecule has 1 heterocycles. The highest BCUT2D eigenvalue weighted by Gasteiger charge is 2.10. The number of benzene rings is 3. The van der Waals surface area contributed by atoms with Crippen LogP contribution in [-0.4, -0.2) is 25.3 Å². The summed E-state index contributed by atoms with van der Waals surface area (Å²) in [6, 6.07) is 21.6. The third-order valence-electron chi connectivity index (χ3n) is 5.15. The lowest BCUT2D eigenvalue weighted by Gasteiger charge is -2.10. The van der Waals surface area contributed by atoms with Gasteiger partial charge in [0.2, 0.25) is 0 Å². The molecule has 0 aliphatic carbocycles.